The van der Waals surface area contributed by atoms with Crippen LogP contribution in [-0.2, 0) is 13.0 Å². The van der Waals surface area contributed by atoms with Crippen molar-refractivity contribution in [2.24, 2.45) is 0 Å². The van der Waals surface area contributed by atoms with Gasteiger partial charge in [0.15, 0.2) is 17.3 Å². The molecule has 0 aliphatic carbocycles. The average Bonchev–Trinajstić information content (AvgIpc) is 3.55. The molecular formula is C25H22ClN5O3. The van der Waals surface area contributed by atoms with E-state index >= 15 is 0 Å². The molecular weight excluding hydrogens is 454 g/mol. The van der Waals surface area contributed by atoms with Crippen molar-refractivity contribution in [1.29, 1.82) is 0 Å². The van der Waals surface area contributed by atoms with Gasteiger partial charge >= 0.3 is 5.76 Å². The van der Waals surface area contributed by atoms with E-state index in [1.165, 1.54) is 0 Å². The molecule has 2 aromatic carbocycles. The molecule has 0 radical (unpaired) electrons. The summed E-state index contributed by atoms with van der Waals surface area (Å²) in [6, 6.07) is 15.7. The summed E-state index contributed by atoms with van der Waals surface area (Å²) in [6.07, 6.45) is 5.49. The minimum Gasteiger partial charge on any atom is -0.320 e. The number of aromatic amines is 1. The molecule has 0 bridgehead atoms. The number of nitrogens with one attached hydrogen (secondary N) is 1. The Bertz CT molecular complexity index is 1540. The lowest BCUT2D eigenvalue weighted by molar-refractivity contribution is 0.111. The number of rotatable bonds is 8. The number of para-hydroxylation sites is 1. The Morgan fingerprint density at radius 3 is 2.76 bits per heavy atom. The molecule has 5 aromatic rings. The molecule has 0 fully saturated rings. The first kappa shape index (κ1) is 21.9. The quantitative estimate of drug-likeness (QED) is 0.317. The highest BCUT2D eigenvalue weighted by Gasteiger charge is 2.18. The number of imidazole rings is 1. The van der Waals surface area contributed by atoms with Crippen molar-refractivity contribution in [3.8, 4) is 17.1 Å². The largest absolute Gasteiger partial charge is 0.439 e. The zero-order valence-electron chi connectivity index (χ0n) is 18.5. The summed E-state index contributed by atoms with van der Waals surface area (Å²) in [7, 11) is 0. The minimum absolute atomic E-state index is 0.237. The van der Waals surface area contributed by atoms with Crippen LogP contribution in [0.1, 0.15) is 41.6 Å². The van der Waals surface area contributed by atoms with Crippen LogP contribution in [0.3, 0.4) is 0 Å². The predicted octanol–water partition coefficient (Wildman–Crippen LogP) is 5.03. The Kier molecular flexibility index (Phi) is 5.90. The fraction of sp³-hybridized carbons (Fsp3) is 0.200. The fourth-order valence-electron chi connectivity index (χ4n) is 4.28. The van der Waals surface area contributed by atoms with Gasteiger partial charge in [-0.25, -0.2) is 9.78 Å². The fourth-order valence-corrected chi connectivity index (χ4v) is 4.52. The van der Waals surface area contributed by atoms with Crippen LogP contribution in [0.4, 0.5) is 0 Å². The number of aldehydes is 1. The minimum atomic E-state index is -0.603. The van der Waals surface area contributed by atoms with E-state index in [2.05, 4.69) is 22.0 Å². The highest BCUT2D eigenvalue weighted by molar-refractivity contribution is 6.31. The van der Waals surface area contributed by atoms with Crippen molar-refractivity contribution >= 4 is 28.8 Å². The van der Waals surface area contributed by atoms with Gasteiger partial charge < -0.3 is 9.13 Å². The first-order valence-electron chi connectivity index (χ1n) is 11.1. The van der Waals surface area contributed by atoms with Crippen LogP contribution in [0.25, 0.3) is 28.0 Å². The van der Waals surface area contributed by atoms with Gasteiger partial charge in [-0.1, -0.05) is 54.4 Å². The number of aryl methyl sites for hydroxylation is 1. The molecule has 0 saturated carbocycles. The highest BCUT2D eigenvalue weighted by Crippen LogP contribution is 2.30. The first-order chi connectivity index (χ1) is 16.6. The second kappa shape index (κ2) is 9.15. The number of unbranched alkanes of at least 4 members (excludes halogenated alkanes) is 1. The zero-order valence-corrected chi connectivity index (χ0v) is 19.2. The molecule has 8 nitrogen and oxygen atoms in total. The summed E-state index contributed by atoms with van der Waals surface area (Å²) in [4.78, 5) is 30.3. The molecule has 0 aliphatic heterocycles. The molecule has 5 rings (SSSR count). The number of halogens is 1. The van der Waals surface area contributed by atoms with Gasteiger partial charge in [0.05, 0.1) is 17.7 Å². The van der Waals surface area contributed by atoms with Crippen molar-refractivity contribution in [1.82, 2.24) is 24.3 Å². The summed E-state index contributed by atoms with van der Waals surface area (Å²) in [6.45, 7) is 2.60. The maximum atomic E-state index is 11.8. The Balaban J connectivity index is 1.60. The Labute approximate surface area is 199 Å². The van der Waals surface area contributed by atoms with Crippen molar-refractivity contribution in [2.45, 2.75) is 32.7 Å². The predicted molar refractivity (Wildman–Crippen MR) is 130 cm³/mol. The molecule has 34 heavy (non-hydrogen) atoms. The monoisotopic (exact) mass is 475 g/mol. The van der Waals surface area contributed by atoms with Crippen molar-refractivity contribution in [3.63, 3.8) is 0 Å². The van der Waals surface area contributed by atoms with Crippen LogP contribution in [0.15, 0.2) is 64.0 Å². The smallest absolute Gasteiger partial charge is 0.320 e. The van der Waals surface area contributed by atoms with Crippen molar-refractivity contribution < 1.29 is 9.32 Å². The van der Waals surface area contributed by atoms with Gasteiger partial charge in [-0.05, 0) is 36.2 Å². The SMILES string of the molecule is CCCCc1nc(Cl)c(C=O)n1Cc1cccc2c1ccn2-c1ccccc1-c1noc(=O)[nH]1. The normalized spacial score (nSPS) is 11.4. The lowest BCUT2D eigenvalue weighted by Crippen LogP contribution is -2.09. The van der Waals surface area contributed by atoms with E-state index in [1.54, 1.807) is 0 Å². The van der Waals surface area contributed by atoms with Gasteiger partial charge in [-0.15, -0.1) is 0 Å². The van der Waals surface area contributed by atoms with Crippen molar-refractivity contribution in [3.05, 3.63) is 87.5 Å². The maximum absolute atomic E-state index is 11.8. The Morgan fingerprint density at radius 2 is 2.00 bits per heavy atom. The van der Waals surface area contributed by atoms with E-state index in [0.29, 0.717) is 18.1 Å². The van der Waals surface area contributed by atoms with Crippen LogP contribution < -0.4 is 5.76 Å². The van der Waals surface area contributed by atoms with Crippen LogP contribution >= 0.6 is 11.6 Å². The standard InChI is InChI=1S/C25H22ClN5O3/c1-2-3-11-22-27-23(26)21(15-32)31(22)14-16-7-6-10-19-17(16)12-13-30(19)20-9-5-4-8-18(20)24-28-25(33)34-29-24/h4-10,12-13,15H,2-3,11,14H2,1H3,(H,28,29,33). The molecule has 3 heterocycles. The van der Waals surface area contributed by atoms with Crippen LogP contribution in [0.5, 0.6) is 0 Å². The first-order valence-corrected chi connectivity index (χ1v) is 11.4. The van der Waals surface area contributed by atoms with Gasteiger partial charge in [0.25, 0.3) is 0 Å². The molecule has 1 N–H and O–H groups in total. The van der Waals surface area contributed by atoms with Crippen LogP contribution in [-0.4, -0.2) is 30.5 Å². The van der Waals surface area contributed by atoms with Gasteiger partial charge in [0, 0.05) is 23.6 Å². The summed E-state index contributed by atoms with van der Waals surface area (Å²) in [5.41, 5.74) is 4.00. The van der Waals surface area contributed by atoms with Crippen LogP contribution in [0, 0.1) is 0 Å². The molecule has 0 spiro atoms. The number of benzene rings is 2. The number of hydrogen-bond acceptors (Lipinski definition) is 5. The highest BCUT2D eigenvalue weighted by atomic mass is 35.5. The third-order valence-electron chi connectivity index (χ3n) is 5.92. The Hall–Kier alpha value is -3.91. The summed E-state index contributed by atoms with van der Waals surface area (Å²) < 4.78 is 8.66. The molecule has 0 saturated heterocycles. The molecule has 3 aromatic heterocycles. The summed E-state index contributed by atoms with van der Waals surface area (Å²) >= 11 is 6.27. The molecule has 0 amide bonds. The number of carbonyl (C=O) groups excluding carboxylic acids is 1. The number of nitrogens with zero attached hydrogens (tertiary/aromatic N) is 4. The van der Waals surface area contributed by atoms with E-state index < -0.39 is 5.76 Å². The molecule has 172 valence electrons. The zero-order chi connectivity index (χ0) is 23.7. The Morgan fingerprint density at radius 1 is 1.15 bits per heavy atom. The van der Waals surface area contributed by atoms with E-state index in [-0.39, 0.29) is 5.15 Å². The maximum Gasteiger partial charge on any atom is 0.439 e. The molecule has 0 unspecified atom stereocenters. The third-order valence-corrected chi connectivity index (χ3v) is 6.20. The number of fused-ring (bicyclic) bond motifs is 1. The van der Waals surface area contributed by atoms with Gasteiger partial charge in [-0.3, -0.25) is 14.3 Å². The van der Waals surface area contributed by atoms with E-state index in [4.69, 9.17) is 16.1 Å². The summed E-state index contributed by atoms with van der Waals surface area (Å²) in [5, 5.41) is 5.13. The number of aromatic nitrogens is 5. The van der Waals surface area contributed by atoms with Gasteiger partial charge in [0.2, 0.25) is 0 Å². The second-order valence-electron chi connectivity index (χ2n) is 8.01. The molecule has 9 heteroatoms. The third kappa shape index (κ3) is 3.86. The van der Waals surface area contributed by atoms with Gasteiger partial charge in [-0.2, -0.15) is 0 Å². The second-order valence-corrected chi connectivity index (χ2v) is 8.37. The number of H-pyrrole nitrogens is 1. The molecule has 0 aliphatic rings. The number of hydrogen-bond donors (Lipinski definition) is 1. The lowest BCUT2D eigenvalue weighted by atomic mass is 10.1. The average molecular weight is 476 g/mol. The van der Waals surface area contributed by atoms with E-state index in [9.17, 15) is 9.59 Å². The topological polar surface area (TPSA) is 98.7 Å². The van der Waals surface area contributed by atoms with E-state index in [1.807, 2.05) is 63.9 Å². The molecule has 0 atom stereocenters. The number of carbonyl (C=O) groups is 1. The lowest BCUT2D eigenvalue weighted by Gasteiger charge is -2.13. The van der Waals surface area contributed by atoms with Crippen molar-refractivity contribution in [2.75, 3.05) is 0 Å². The van der Waals surface area contributed by atoms with E-state index in [0.717, 1.165) is 59.1 Å². The van der Waals surface area contributed by atoms with Gasteiger partial charge in [0.1, 0.15) is 11.5 Å². The summed E-state index contributed by atoms with van der Waals surface area (Å²) in [5.74, 6) is 0.571. The van der Waals surface area contributed by atoms with Crippen LogP contribution in [0.2, 0.25) is 5.15 Å².